The summed E-state index contributed by atoms with van der Waals surface area (Å²) in [5, 5.41) is 2.42. The van der Waals surface area contributed by atoms with Gasteiger partial charge >= 0.3 is 12.2 Å². The molecule has 26 heavy (non-hydrogen) atoms. The lowest BCUT2D eigenvalue weighted by molar-refractivity contribution is -0.136. The Morgan fingerprint density at radius 2 is 1.62 bits per heavy atom. The van der Waals surface area contributed by atoms with Crippen LogP contribution in [-0.4, -0.2) is 24.0 Å². The third kappa shape index (κ3) is 4.56. The number of hydrogen-bond donors (Lipinski definition) is 1. The lowest BCUT2D eigenvalue weighted by atomic mass is 9.90. The number of carbonyl (C=O) groups excluding carboxylic acids is 1. The zero-order chi connectivity index (χ0) is 18.6. The zero-order valence-electron chi connectivity index (χ0n) is 14.3. The second-order valence-corrected chi connectivity index (χ2v) is 6.59. The Morgan fingerprint density at radius 3 is 2.27 bits per heavy atom. The standard InChI is InChI=1S/C20H21F3N2O/c21-20(22,23)17-8-4-5-9-18(17)24-19(26)25-12-10-16(11-13-25)14-15-6-2-1-3-7-15/h1-9,16H,10-14H2,(H,24,26). The Bertz CT molecular complexity index is 738. The molecule has 0 spiro atoms. The average Bonchev–Trinajstić information content (AvgIpc) is 2.63. The van der Waals surface area contributed by atoms with Crippen molar-refractivity contribution in [3.8, 4) is 0 Å². The van der Waals surface area contributed by atoms with Crippen molar-refractivity contribution < 1.29 is 18.0 Å². The van der Waals surface area contributed by atoms with E-state index in [1.807, 2.05) is 18.2 Å². The maximum atomic E-state index is 13.0. The van der Waals surface area contributed by atoms with E-state index in [1.54, 1.807) is 4.90 Å². The van der Waals surface area contributed by atoms with E-state index in [1.165, 1.54) is 23.8 Å². The maximum absolute atomic E-state index is 13.0. The Hall–Kier alpha value is -2.50. The van der Waals surface area contributed by atoms with Gasteiger partial charge in [0.05, 0.1) is 11.3 Å². The van der Waals surface area contributed by atoms with Crippen molar-refractivity contribution in [3.63, 3.8) is 0 Å². The Kier molecular flexibility index (Phi) is 5.49. The summed E-state index contributed by atoms with van der Waals surface area (Å²) in [7, 11) is 0. The highest BCUT2D eigenvalue weighted by molar-refractivity contribution is 5.90. The molecule has 0 aliphatic carbocycles. The van der Waals surface area contributed by atoms with E-state index in [-0.39, 0.29) is 5.69 Å². The SMILES string of the molecule is O=C(Nc1ccccc1C(F)(F)F)N1CCC(Cc2ccccc2)CC1. The Morgan fingerprint density at radius 1 is 1.00 bits per heavy atom. The number of benzene rings is 2. The molecule has 1 N–H and O–H groups in total. The molecule has 1 saturated heterocycles. The van der Waals surface area contributed by atoms with Crippen molar-refractivity contribution in [2.75, 3.05) is 18.4 Å². The van der Waals surface area contributed by atoms with E-state index in [0.29, 0.717) is 19.0 Å². The lowest BCUT2D eigenvalue weighted by Crippen LogP contribution is -2.41. The van der Waals surface area contributed by atoms with Crippen LogP contribution in [0, 0.1) is 5.92 Å². The van der Waals surface area contributed by atoms with E-state index in [9.17, 15) is 18.0 Å². The van der Waals surface area contributed by atoms with E-state index in [4.69, 9.17) is 0 Å². The van der Waals surface area contributed by atoms with Gasteiger partial charge in [-0.2, -0.15) is 13.2 Å². The molecular formula is C20H21F3N2O. The number of nitrogens with one attached hydrogen (secondary N) is 1. The Balaban J connectivity index is 1.56. The molecule has 0 radical (unpaired) electrons. The number of para-hydroxylation sites is 1. The molecule has 2 aromatic rings. The molecule has 0 saturated carbocycles. The molecule has 1 aliphatic rings. The zero-order valence-corrected chi connectivity index (χ0v) is 14.3. The van der Waals surface area contributed by atoms with E-state index in [2.05, 4.69) is 17.4 Å². The van der Waals surface area contributed by atoms with Crippen molar-refractivity contribution in [1.82, 2.24) is 4.90 Å². The fourth-order valence-electron chi connectivity index (χ4n) is 3.32. The van der Waals surface area contributed by atoms with Gasteiger partial charge in [0.25, 0.3) is 0 Å². The molecule has 1 aliphatic heterocycles. The number of urea groups is 1. The molecule has 138 valence electrons. The van der Waals surface area contributed by atoms with Crippen LogP contribution in [-0.2, 0) is 12.6 Å². The smallest absolute Gasteiger partial charge is 0.325 e. The van der Waals surface area contributed by atoms with Crippen molar-refractivity contribution in [1.29, 1.82) is 0 Å². The third-order valence-corrected chi connectivity index (χ3v) is 4.74. The molecule has 0 atom stereocenters. The van der Waals surface area contributed by atoms with Gasteiger partial charge in [-0.3, -0.25) is 0 Å². The van der Waals surface area contributed by atoms with Crippen LogP contribution in [0.1, 0.15) is 24.0 Å². The number of carbonyl (C=O) groups is 1. The van der Waals surface area contributed by atoms with Gasteiger partial charge in [-0.15, -0.1) is 0 Å². The molecule has 0 bridgehead atoms. The molecule has 1 fully saturated rings. The summed E-state index contributed by atoms with van der Waals surface area (Å²) in [6.45, 7) is 1.11. The summed E-state index contributed by atoms with van der Waals surface area (Å²) in [6, 6.07) is 14.8. The third-order valence-electron chi connectivity index (χ3n) is 4.74. The van der Waals surface area contributed by atoms with E-state index in [0.717, 1.165) is 25.3 Å². The number of likely N-dealkylation sites (tertiary alicyclic amines) is 1. The summed E-state index contributed by atoms with van der Waals surface area (Å²) in [6.07, 6.45) is -1.83. The molecule has 2 amide bonds. The molecule has 3 rings (SSSR count). The van der Waals surface area contributed by atoms with Crippen molar-refractivity contribution >= 4 is 11.7 Å². The topological polar surface area (TPSA) is 32.3 Å². The minimum absolute atomic E-state index is 0.198. The minimum Gasteiger partial charge on any atom is -0.325 e. The van der Waals surface area contributed by atoms with Crippen LogP contribution in [0.25, 0.3) is 0 Å². The summed E-state index contributed by atoms with van der Waals surface area (Å²) < 4.78 is 39.1. The highest BCUT2D eigenvalue weighted by Gasteiger charge is 2.34. The molecule has 1 heterocycles. The largest absolute Gasteiger partial charge is 0.418 e. The number of rotatable bonds is 3. The second-order valence-electron chi connectivity index (χ2n) is 6.59. The highest BCUT2D eigenvalue weighted by Crippen LogP contribution is 2.34. The minimum atomic E-state index is -4.49. The molecular weight excluding hydrogens is 341 g/mol. The van der Waals surface area contributed by atoms with Gasteiger partial charge in [0.15, 0.2) is 0 Å². The van der Waals surface area contributed by atoms with Gasteiger partial charge in [0, 0.05) is 13.1 Å². The van der Waals surface area contributed by atoms with Crippen molar-refractivity contribution in [3.05, 3.63) is 65.7 Å². The number of halogens is 3. The van der Waals surface area contributed by atoms with Crippen LogP contribution in [0.5, 0.6) is 0 Å². The van der Waals surface area contributed by atoms with Crippen molar-refractivity contribution in [2.45, 2.75) is 25.4 Å². The van der Waals surface area contributed by atoms with E-state index < -0.39 is 17.8 Å². The van der Waals surface area contributed by atoms with Gasteiger partial charge in [-0.25, -0.2) is 4.79 Å². The monoisotopic (exact) mass is 362 g/mol. The quantitative estimate of drug-likeness (QED) is 0.800. The van der Waals surface area contributed by atoms with Gasteiger partial charge in [0.1, 0.15) is 0 Å². The number of anilines is 1. The first-order valence-electron chi connectivity index (χ1n) is 8.69. The number of nitrogens with zero attached hydrogens (tertiary/aromatic N) is 1. The summed E-state index contributed by atoms with van der Waals surface area (Å²) >= 11 is 0. The predicted molar refractivity (Wildman–Crippen MR) is 94.9 cm³/mol. The van der Waals surface area contributed by atoms with Crippen LogP contribution < -0.4 is 5.32 Å². The summed E-state index contributed by atoms with van der Waals surface area (Å²) in [4.78, 5) is 14.0. The van der Waals surface area contributed by atoms with Gasteiger partial charge in [0.2, 0.25) is 0 Å². The number of amides is 2. The average molecular weight is 362 g/mol. The fraction of sp³-hybridized carbons (Fsp3) is 0.350. The second kappa shape index (κ2) is 7.81. The van der Waals surface area contributed by atoms with Crippen LogP contribution in [0.2, 0.25) is 0 Å². The molecule has 3 nitrogen and oxygen atoms in total. The van der Waals surface area contributed by atoms with Crippen LogP contribution in [0.4, 0.5) is 23.7 Å². The number of hydrogen-bond acceptors (Lipinski definition) is 1. The predicted octanol–water partition coefficient (Wildman–Crippen LogP) is 5.19. The van der Waals surface area contributed by atoms with Crippen molar-refractivity contribution in [2.24, 2.45) is 5.92 Å². The number of alkyl halides is 3. The van der Waals surface area contributed by atoms with Gasteiger partial charge in [-0.05, 0) is 42.9 Å². The normalized spacial score (nSPS) is 15.7. The molecule has 0 unspecified atom stereocenters. The van der Waals surface area contributed by atoms with Crippen LogP contribution >= 0.6 is 0 Å². The molecule has 6 heteroatoms. The van der Waals surface area contributed by atoms with E-state index >= 15 is 0 Å². The molecule has 0 aromatic heterocycles. The fourth-order valence-corrected chi connectivity index (χ4v) is 3.32. The Labute approximate surface area is 150 Å². The first-order chi connectivity index (χ1) is 12.4. The van der Waals surface area contributed by atoms with Gasteiger partial charge in [-0.1, -0.05) is 42.5 Å². The number of piperidine rings is 1. The first kappa shape index (κ1) is 18.3. The molecule has 2 aromatic carbocycles. The summed E-state index contributed by atoms with van der Waals surface area (Å²) in [5.74, 6) is 0.490. The van der Waals surface area contributed by atoms with Crippen LogP contribution in [0.15, 0.2) is 54.6 Å². The van der Waals surface area contributed by atoms with Gasteiger partial charge < -0.3 is 10.2 Å². The summed E-state index contributed by atoms with van der Waals surface area (Å²) in [5.41, 5.74) is 0.248. The van der Waals surface area contributed by atoms with Crippen LogP contribution in [0.3, 0.4) is 0 Å². The maximum Gasteiger partial charge on any atom is 0.418 e. The lowest BCUT2D eigenvalue weighted by Gasteiger charge is -2.32. The highest BCUT2D eigenvalue weighted by atomic mass is 19.4. The first-order valence-corrected chi connectivity index (χ1v) is 8.69.